The fourth-order valence-corrected chi connectivity index (χ4v) is 1.37. The summed E-state index contributed by atoms with van der Waals surface area (Å²) in [5.74, 6) is 0. The van der Waals surface area contributed by atoms with Crippen molar-refractivity contribution >= 4 is 16.3 Å². The Labute approximate surface area is 114 Å². The third kappa shape index (κ3) is 12.6. The van der Waals surface area contributed by atoms with E-state index in [1.807, 2.05) is 25.1 Å². The van der Waals surface area contributed by atoms with Crippen molar-refractivity contribution in [2.24, 2.45) is 0 Å². The van der Waals surface area contributed by atoms with Gasteiger partial charge in [-0.3, -0.25) is 4.55 Å². The normalized spacial score (nSPS) is 10.1. The van der Waals surface area contributed by atoms with Crippen LogP contribution < -0.4 is 10.0 Å². The second kappa shape index (κ2) is 9.35. The molecule has 0 radical (unpaired) electrons. The van der Waals surface area contributed by atoms with Crippen LogP contribution in [0, 0.1) is 6.92 Å². The molecule has 0 saturated heterocycles. The lowest BCUT2D eigenvalue weighted by Crippen LogP contribution is -2.39. The average Bonchev–Trinajstić information content (AvgIpc) is 2.29. The molecular weight excluding hydrogens is 268 g/mol. The number of unbranched alkanes of at least 4 members (excludes halogenated alkanes) is 1. The molecule has 0 spiro atoms. The van der Waals surface area contributed by atoms with Gasteiger partial charge in [-0.15, -0.1) is 0 Å². The van der Waals surface area contributed by atoms with E-state index < -0.39 is 16.3 Å². The minimum atomic E-state index is -4.42. The summed E-state index contributed by atoms with van der Waals surface area (Å²) in [6.45, 7) is 4.40. The van der Waals surface area contributed by atoms with Crippen LogP contribution in [0.1, 0.15) is 25.3 Å². The van der Waals surface area contributed by atoms with Crippen LogP contribution in [0.3, 0.4) is 0 Å². The van der Waals surface area contributed by atoms with Crippen LogP contribution in [0.25, 0.3) is 0 Å². The zero-order valence-corrected chi connectivity index (χ0v) is 11.9. The SMILES string of the molecule is CCCCNC(=O)NS(=O)(=O)O.Cc1ccccc1. The van der Waals surface area contributed by atoms with Gasteiger partial charge in [0.2, 0.25) is 0 Å². The highest BCUT2D eigenvalue weighted by molar-refractivity contribution is 7.84. The number of nitrogens with one attached hydrogen (secondary N) is 2. The van der Waals surface area contributed by atoms with Crippen molar-refractivity contribution < 1.29 is 17.8 Å². The summed E-state index contributed by atoms with van der Waals surface area (Å²) in [6, 6.07) is 9.35. The third-order valence-electron chi connectivity index (χ3n) is 1.98. The van der Waals surface area contributed by atoms with Crippen LogP contribution in [0.5, 0.6) is 0 Å². The first-order valence-corrected chi connectivity index (χ1v) is 7.34. The largest absolute Gasteiger partial charge is 0.361 e. The Morgan fingerprint density at radius 2 is 1.84 bits per heavy atom. The number of urea groups is 1. The number of hydrogen-bond acceptors (Lipinski definition) is 3. The van der Waals surface area contributed by atoms with E-state index >= 15 is 0 Å². The molecule has 0 aromatic heterocycles. The molecule has 2 amide bonds. The van der Waals surface area contributed by atoms with Gasteiger partial charge in [-0.2, -0.15) is 8.42 Å². The first kappa shape index (κ1) is 17.4. The summed E-state index contributed by atoms with van der Waals surface area (Å²) >= 11 is 0. The molecule has 1 aromatic carbocycles. The maximum absolute atomic E-state index is 10.6. The molecule has 1 aromatic rings. The topological polar surface area (TPSA) is 95.5 Å². The van der Waals surface area contributed by atoms with Crippen molar-refractivity contribution in [3.05, 3.63) is 35.9 Å². The lowest BCUT2D eigenvalue weighted by Gasteiger charge is -2.02. The monoisotopic (exact) mass is 288 g/mol. The second-order valence-electron chi connectivity index (χ2n) is 3.84. The molecule has 0 saturated carbocycles. The Hall–Kier alpha value is -1.60. The van der Waals surface area contributed by atoms with Gasteiger partial charge in [-0.1, -0.05) is 49.2 Å². The fraction of sp³-hybridized carbons (Fsp3) is 0.417. The highest BCUT2D eigenvalue weighted by Gasteiger charge is 2.07. The molecule has 0 aliphatic heterocycles. The van der Waals surface area contributed by atoms with Crippen LogP contribution in [0.15, 0.2) is 30.3 Å². The molecule has 0 unspecified atom stereocenters. The number of hydrogen-bond donors (Lipinski definition) is 3. The van der Waals surface area contributed by atoms with Gasteiger partial charge < -0.3 is 5.32 Å². The molecule has 1 rings (SSSR count). The lowest BCUT2D eigenvalue weighted by atomic mass is 10.2. The molecule has 0 aliphatic rings. The molecule has 0 aliphatic carbocycles. The van der Waals surface area contributed by atoms with Gasteiger partial charge in [0.1, 0.15) is 0 Å². The molecule has 7 heteroatoms. The van der Waals surface area contributed by atoms with Crippen molar-refractivity contribution in [3.8, 4) is 0 Å². The van der Waals surface area contributed by atoms with Crippen LogP contribution in [-0.2, 0) is 10.3 Å². The summed E-state index contributed by atoms with van der Waals surface area (Å²) in [4.78, 5) is 10.6. The van der Waals surface area contributed by atoms with Crippen molar-refractivity contribution in [3.63, 3.8) is 0 Å². The smallest absolute Gasteiger partial charge is 0.337 e. The third-order valence-corrected chi connectivity index (χ3v) is 2.42. The van der Waals surface area contributed by atoms with Gasteiger partial charge in [-0.25, -0.2) is 9.52 Å². The van der Waals surface area contributed by atoms with Crippen LogP contribution in [0.2, 0.25) is 0 Å². The molecule has 0 fully saturated rings. The lowest BCUT2D eigenvalue weighted by molar-refractivity contribution is 0.245. The molecule has 19 heavy (non-hydrogen) atoms. The van der Waals surface area contributed by atoms with Crippen molar-refractivity contribution in [2.45, 2.75) is 26.7 Å². The predicted molar refractivity (Wildman–Crippen MR) is 74.2 cm³/mol. The van der Waals surface area contributed by atoms with Gasteiger partial charge in [0.15, 0.2) is 0 Å². The van der Waals surface area contributed by atoms with Gasteiger partial charge in [0.05, 0.1) is 0 Å². The fourth-order valence-electron chi connectivity index (χ4n) is 1.07. The number of amides is 2. The number of benzene rings is 1. The zero-order valence-electron chi connectivity index (χ0n) is 11.1. The standard InChI is InChI=1S/C7H8.C5H12N2O4S/c1-7-5-3-2-4-6-7;1-2-3-4-6-5(8)7-12(9,10)11/h2-6H,1H3;2-4H2,1H3,(H2,6,7,8)(H,9,10,11). The maximum atomic E-state index is 10.6. The molecule has 108 valence electrons. The van der Waals surface area contributed by atoms with E-state index in [0.717, 1.165) is 12.8 Å². The van der Waals surface area contributed by atoms with E-state index in [9.17, 15) is 13.2 Å². The molecule has 6 nitrogen and oxygen atoms in total. The van der Waals surface area contributed by atoms with Gasteiger partial charge in [-0.05, 0) is 13.3 Å². The van der Waals surface area contributed by atoms with E-state index in [0.29, 0.717) is 6.54 Å². The second-order valence-corrected chi connectivity index (χ2v) is 5.00. The first-order valence-electron chi connectivity index (χ1n) is 5.90. The summed E-state index contributed by atoms with van der Waals surface area (Å²) < 4.78 is 29.6. The van der Waals surface area contributed by atoms with E-state index in [1.54, 1.807) is 0 Å². The summed E-state index contributed by atoms with van der Waals surface area (Å²) in [5, 5.41) is 2.25. The molecular formula is C12H20N2O4S. The average molecular weight is 288 g/mol. The first-order chi connectivity index (χ1) is 8.85. The van der Waals surface area contributed by atoms with Crippen LogP contribution in [0.4, 0.5) is 4.79 Å². The van der Waals surface area contributed by atoms with E-state index in [2.05, 4.69) is 24.4 Å². The van der Waals surface area contributed by atoms with Crippen molar-refractivity contribution in [2.75, 3.05) is 6.54 Å². The highest BCUT2D eigenvalue weighted by Crippen LogP contribution is 1.92. The minimum absolute atomic E-state index is 0.387. The summed E-state index contributed by atoms with van der Waals surface area (Å²) in [6.07, 6.45) is 1.66. The van der Waals surface area contributed by atoms with E-state index in [-0.39, 0.29) is 0 Å². The molecule has 0 bridgehead atoms. The van der Waals surface area contributed by atoms with Gasteiger partial charge >= 0.3 is 16.3 Å². The Morgan fingerprint density at radius 3 is 2.21 bits per heavy atom. The highest BCUT2D eigenvalue weighted by atomic mass is 32.2. The van der Waals surface area contributed by atoms with E-state index in [4.69, 9.17) is 4.55 Å². The molecule has 3 N–H and O–H groups in total. The Balaban J connectivity index is 0.000000388. The van der Waals surface area contributed by atoms with Crippen molar-refractivity contribution in [1.29, 1.82) is 0 Å². The van der Waals surface area contributed by atoms with Crippen LogP contribution in [-0.4, -0.2) is 25.5 Å². The number of carbonyl (C=O) groups is 1. The Bertz CT molecular complexity index is 460. The van der Waals surface area contributed by atoms with E-state index in [1.165, 1.54) is 10.3 Å². The predicted octanol–water partition coefficient (Wildman–Crippen LogP) is 1.88. The Morgan fingerprint density at radius 1 is 1.26 bits per heavy atom. The van der Waals surface area contributed by atoms with Gasteiger partial charge in [0, 0.05) is 6.54 Å². The van der Waals surface area contributed by atoms with Gasteiger partial charge in [0.25, 0.3) is 0 Å². The quantitative estimate of drug-likeness (QED) is 0.582. The number of carbonyl (C=O) groups excluding carboxylic acids is 1. The molecule has 0 heterocycles. The number of aryl methyl sites for hydroxylation is 1. The van der Waals surface area contributed by atoms with Crippen molar-refractivity contribution in [1.82, 2.24) is 10.0 Å². The maximum Gasteiger partial charge on any atom is 0.361 e. The summed E-state index contributed by atoms with van der Waals surface area (Å²) in [5.41, 5.74) is 1.32. The Kier molecular flexibility index (Phi) is 8.56. The van der Waals surface area contributed by atoms with Crippen LogP contribution >= 0.6 is 0 Å². The minimum Gasteiger partial charge on any atom is -0.337 e. The summed E-state index contributed by atoms with van der Waals surface area (Å²) in [7, 11) is -4.42. The number of rotatable bonds is 4. The zero-order chi connectivity index (χ0) is 14.7. The molecule has 0 atom stereocenters.